The number of hydrogen-bond acceptors (Lipinski definition) is 1. The van der Waals surface area contributed by atoms with Gasteiger partial charge in [-0.25, -0.2) is 8.78 Å². The molecule has 0 radical (unpaired) electrons. The minimum atomic E-state index is -0.536. The van der Waals surface area contributed by atoms with E-state index in [1.54, 1.807) is 12.1 Å². The summed E-state index contributed by atoms with van der Waals surface area (Å²) in [6, 6.07) is 11.6. The molecule has 3 rings (SSSR count). The maximum Gasteiger partial charge on any atom is 0.173 e. The Morgan fingerprint density at radius 2 is 1.32 bits per heavy atom. The topological polar surface area (TPSA) is 17.1 Å². The van der Waals surface area contributed by atoms with Gasteiger partial charge in [-0.15, -0.1) is 0 Å². The molecule has 2 aromatic carbocycles. The van der Waals surface area contributed by atoms with E-state index in [-0.39, 0.29) is 17.4 Å². The molecule has 0 N–H and O–H groups in total. The van der Waals surface area contributed by atoms with Gasteiger partial charge in [0, 0.05) is 5.56 Å². The summed E-state index contributed by atoms with van der Waals surface area (Å²) < 4.78 is 25.8. The maximum absolute atomic E-state index is 12.9. The minimum Gasteiger partial charge on any atom is -0.293 e. The lowest BCUT2D eigenvalue weighted by Gasteiger charge is -2.14. The summed E-state index contributed by atoms with van der Waals surface area (Å²) in [5.41, 5.74) is 0.803. The number of ketones is 1. The zero-order valence-corrected chi connectivity index (χ0v) is 10.2. The zero-order chi connectivity index (χ0) is 13.5. The first-order chi connectivity index (χ1) is 9.12. The highest BCUT2D eigenvalue weighted by molar-refractivity contribution is 6.06. The van der Waals surface area contributed by atoms with Gasteiger partial charge in [-0.05, 0) is 54.8 Å². The van der Waals surface area contributed by atoms with Crippen LogP contribution in [-0.4, -0.2) is 5.78 Å². The molecule has 1 aliphatic rings. The van der Waals surface area contributed by atoms with Crippen LogP contribution in [-0.2, 0) is 5.41 Å². The van der Waals surface area contributed by atoms with Gasteiger partial charge in [0.1, 0.15) is 11.6 Å². The molecule has 0 heterocycles. The maximum atomic E-state index is 12.9. The minimum absolute atomic E-state index is 0.0147. The summed E-state index contributed by atoms with van der Waals surface area (Å²) in [6.45, 7) is 0. The zero-order valence-electron chi connectivity index (χ0n) is 10.2. The Bertz CT molecular complexity index is 610. The van der Waals surface area contributed by atoms with E-state index >= 15 is 0 Å². The van der Waals surface area contributed by atoms with Gasteiger partial charge in [0.15, 0.2) is 5.78 Å². The summed E-state index contributed by atoms with van der Waals surface area (Å²) in [4.78, 5) is 12.5. The van der Waals surface area contributed by atoms with Crippen LogP contribution >= 0.6 is 0 Å². The van der Waals surface area contributed by atoms with Crippen molar-refractivity contribution >= 4 is 5.78 Å². The van der Waals surface area contributed by atoms with Crippen LogP contribution in [0.3, 0.4) is 0 Å². The second kappa shape index (κ2) is 4.26. The van der Waals surface area contributed by atoms with Crippen LogP contribution in [0, 0.1) is 11.6 Å². The van der Waals surface area contributed by atoms with Gasteiger partial charge in [0.05, 0.1) is 5.41 Å². The lowest BCUT2D eigenvalue weighted by Crippen LogP contribution is -2.20. The molecule has 1 fully saturated rings. The van der Waals surface area contributed by atoms with Crippen molar-refractivity contribution in [1.82, 2.24) is 0 Å². The number of benzene rings is 2. The second-order valence-corrected chi connectivity index (χ2v) is 4.93. The van der Waals surface area contributed by atoms with Crippen LogP contribution in [0.4, 0.5) is 8.78 Å². The first kappa shape index (κ1) is 12.0. The highest BCUT2D eigenvalue weighted by atomic mass is 19.1. The molecule has 96 valence electrons. The van der Waals surface area contributed by atoms with Crippen LogP contribution < -0.4 is 0 Å². The predicted octanol–water partition coefficient (Wildman–Crippen LogP) is 3.88. The van der Waals surface area contributed by atoms with E-state index in [1.807, 2.05) is 0 Å². The number of Topliss-reactive ketones (excluding diaryl/α,β-unsaturated/α-hetero) is 1. The van der Waals surface area contributed by atoms with Crippen molar-refractivity contribution in [2.75, 3.05) is 0 Å². The van der Waals surface area contributed by atoms with Crippen LogP contribution in [0.2, 0.25) is 0 Å². The molecule has 0 amide bonds. The quantitative estimate of drug-likeness (QED) is 0.763. The number of hydrogen-bond donors (Lipinski definition) is 0. The van der Waals surface area contributed by atoms with Gasteiger partial charge in [0.25, 0.3) is 0 Å². The van der Waals surface area contributed by atoms with Crippen molar-refractivity contribution < 1.29 is 13.6 Å². The fourth-order valence-corrected chi connectivity index (χ4v) is 2.42. The van der Waals surface area contributed by atoms with Crippen LogP contribution in [0.5, 0.6) is 0 Å². The molecular weight excluding hydrogens is 246 g/mol. The Morgan fingerprint density at radius 3 is 1.79 bits per heavy atom. The van der Waals surface area contributed by atoms with E-state index in [0.717, 1.165) is 18.4 Å². The van der Waals surface area contributed by atoms with Gasteiger partial charge in [0.2, 0.25) is 0 Å². The lowest BCUT2D eigenvalue weighted by atomic mass is 9.87. The Labute approximate surface area is 109 Å². The molecule has 1 nitrogen and oxygen atoms in total. The molecule has 3 heteroatoms. The summed E-state index contributed by atoms with van der Waals surface area (Å²) in [6.07, 6.45) is 1.52. The van der Waals surface area contributed by atoms with Gasteiger partial charge < -0.3 is 0 Å². The number of carbonyl (C=O) groups is 1. The molecule has 1 saturated carbocycles. The molecule has 0 spiro atoms. The third-order valence-electron chi connectivity index (χ3n) is 3.69. The SMILES string of the molecule is O=C(c1ccc(F)cc1)C1(c2ccc(F)cc2)CC1. The largest absolute Gasteiger partial charge is 0.293 e. The van der Waals surface area contributed by atoms with Crippen molar-refractivity contribution in [3.8, 4) is 0 Å². The van der Waals surface area contributed by atoms with Crippen LogP contribution in [0.25, 0.3) is 0 Å². The summed E-state index contributed by atoms with van der Waals surface area (Å²) >= 11 is 0. The molecule has 0 aromatic heterocycles. The van der Waals surface area contributed by atoms with E-state index in [9.17, 15) is 13.6 Å². The molecular formula is C16H12F2O. The summed E-state index contributed by atoms with van der Waals surface area (Å²) in [7, 11) is 0. The van der Waals surface area contributed by atoms with Gasteiger partial charge >= 0.3 is 0 Å². The van der Waals surface area contributed by atoms with E-state index in [2.05, 4.69) is 0 Å². The Morgan fingerprint density at radius 1 is 0.842 bits per heavy atom. The van der Waals surface area contributed by atoms with Crippen molar-refractivity contribution in [3.63, 3.8) is 0 Å². The Kier molecular flexibility index (Phi) is 2.70. The lowest BCUT2D eigenvalue weighted by molar-refractivity contribution is 0.0946. The number of rotatable bonds is 3. The second-order valence-electron chi connectivity index (χ2n) is 4.93. The first-order valence-corrected chi connectivity index (χ1v) is 6.18. The van der Waals surface area contributed by atoms with Crippen molar-refractivity contribution in [1.29, 1.82) is 0 Å². The summed E-state index contributed by atoms with van der Waals surface area (Å²) in [5, 5.41) is 0. The van der Waals surface area contributed by atoms with E-state index in [0.29, 0.717) is 5.56 Å². The molecule has 2 aromatic rings. The molecule has 19 heavy (non-hydrogen) atoms. The van der Waals surface area contributed by atoms with E-state index < -0.39 is 5.41 Å². The first-order valence-electron chi connectivity index (χ1n) is 6.18. The highest BCUT2D eigenvalue weighted by Gasteiger charge is 2.51. The normalized spacial score (nSPS) is 16.1. The smallest absolute Gasteiger partial charge is 0.173 e. The number of halogens is 2. The van der Waals surface area contributed by atoms with Crippen molar-refractivity contribution in [2.24, 2.45) is 0 Å². The van der Waals surface area contributed by atoms with Gasteiger partial charge in [-0.3, -0.25) is 4.79 Å². The predicted molar refractivity (Wildman–Crippen MR) is 68.0 cm³/mol. The average molecular weight is 258 g/mol. The summed E-state index contributed by atoms with van der Waals surface area (Å²) in [5.74, 6) is -0.684. The molecule has 0 unspecified atom stereocenters. The fourth-order valence-electron chi connectivity index (χ4n) is 2.42. The molecule has 0 aliphatic heterocycles. The third-order valence-corrected chi connectivity index (χ3v) is 3.69. The van der Waals surface area contributed by atoms with Crippen LogP contribution in [0.15, 0.2) is 48.5 Å². The van der Waals surface area contributed by atoms with Gasteiger partial charge in [-0.1, -0.05) is 12.1 Å². The monoisotopic (exact) mass is 258 g/mol. The standard InChI is InChI=1S/C16H12F2O/c17-13-5-1-11(2-6-13)15(19)16(9-10-16)12-3-7-14(18)8-4-12/h1-8H,9-10H2. The Hall–Kier alpha value is -2.03. The fraction of sp³-hybridized carbons (Fsp3) is 0.188. The highest BCUT2D eigenvalue weighted by Crippen LogP contribution is 2.50. The van der Waals surface area contributed by atoms with Crippen molar-refractivity contribution in [2.45, 2.75) is 18.3 Å². The molecule has 1 aliphatic carbocycles. The molecule has 0 atom stereocenters. The third kappa shape index (κ3) is 2.05. The van der Waals surface area contributed by atoms with E-state index in [1.165, 1.54) is 36.4 Å². The van der Waals surface area contributed by atoms with Gasteiger partial charge in [-0.2, -0.15) is 0 Å². The van der Waals surface area contributed by atoms with E-state index in [4.69, 9.17) is 0 Å². The number of carbonyl (C=O) groups excluding carboxylic acids is 1. The Balaban J connectivity index is 1.94. The molecule has 0 bridgehead atoms. The average Bonchev–Trinajstić information content (AvgIpc) is 3.21. The molecule has 0 saturated heterocycles. The van der Waals surface area contributed by atoms with Crippen LogP contribution in [0.1, 0.15) is 28.8 Å². The van der Waals surface area contributed by atoms with Crippen molar-refractivity contribution in [3.05, 3.63) is 71.3 Å².